The summed E-state index contributed by atoms with van der Waals surface area (Å²) in [6.07, 6.45) is -1.47. The molecule has 0 radical (unpaired) electrons. The summed E-state index contributed by atoms with van der Waals surface area (Å²) in [5.41, 5.74) is 0.482. The third-order valence-corrected chi connectivity index (χ3v) is 6.55. The smallest absolute Gasteiger partial charge is 0.320 e. The van der Waals surface area contributed by atoms with Gasteiger partial charge < -0.3 is 20.0 Å². The lowest BCUT2D eigenvalue weighted by atomic mass is 9.99. The zero-order valence-corrected chi connectivity index (χ0v) is 21.0. The van der Waals surface area contributed by atoms with Crippen molar-refractivity contribution in [2.45, 2.75) is 56.7 Å². The van der Waals surface area contributed by atoms with Crippen LogP contribution in [0.15, 0.2) is 72.8 Å². The molecule has 0 saturated carbocycles. The fourth-order valence-electron chi connectivity index (χ4n) is 4.42. The van der Waals surface area contributed by atoms with Crippen molar-refractivity contribution in [2.75, 3.05) is 13.1 Å². The number of urea groups is 1. The predicted octanol–water partition coefficient (Wildman–Crippen LogP) is 5.53. The minimum absolute atomic E-state index is 0.0820. The van der Waals surface area contributed by atoms with Crippen LogP contribution in [0.2, 0.25) is 0 Å². The maximum Gasteiger partial charge on any atom is 0.320 e. The summed E-state index contributed by atoms with van der Waals surface area (Å²) in [7, 11) is 0. The van der Waals surface area contributed by atoms with Crippen molar-refractivity contribution >= 4 is 12.0 Å². The van der Waals surface area contributed by atoms with E-state index in [4.69, 9.17) is 5.11 Å². The van der Waals surface area contributed by atoms with Crippen LogP contribution in [-0.2, 0) is 17.3 Å². The monoisotopic (exact) mass is 536 g/mol. The van der Waals surface area contributed by atoms with E-state index in [9.17, 15) is 32.3 Å². The summed E-state index contributed by atoms with van der Waals surface area (Å²) in [5.74, 6) is -9.34. The van der Waals surface area contributed by atoms with Gasteiger partial charge in [-0.05, 0) is 12.0 Å². The first-order chi connectivity index (χ1) is 17.9. The lowest BCUT2D eigenvalue weighted by molar-refractivity contribution is -0.145. The van der Waals surface area contributed by atoms with E-state index >= 15 is 0 Å². The summed E-state index contributed by atoms with van der Waals surface area (Å²) < 4.78 is 58.1. The van der Waals surface area contributed by atoms with E-state index in [1.807, 2.05) is 30.3 Å². The van der Waals surface area contributed by atoms with Gasteiger partial charge in [-0.15, -0.1) is 0 Å². The van der Waals surface area contributed by atoms with E-state index in [1.54, 1.807) is 6.07 Å². The number of halogens is 4. The first-order valence-corrected chi connectivity index (χ1v) is 12.4. The molecule has 3 rings (SSSR count). The average Bonchev–Trinajstić information content (AvgIpc) is 3.17. The van der Waals surface area contributed by atoms with E-state index in [0.717, 1.165) is 11.6 Å². The Balaban J connectivity index is 1.72. The van der Waals surface area contributed by atoms with Crippen molar-refractivity contribution in [3.05, 3.63) is 83.9 Å². The third kappa shape index (κ3) is 7.56. The van der Waals surface area contributed by atoms with Crippen LogP contribution in [0, 0.1) is 5.92 Å². The molecule has 10 heteroatoms. The molecule has 1 heterocycles. The first-order valence-electron chi connectivity index (χ1n) is 12.4. The van der Waals surface area contributed by atoms with Crippen LogP contribution < -0.4 is 0 Å². The lowest BCUT2D eigenvalue weighted by Gasteiger charge is -2.24. The lowest BCUT2D eigenvalue weighted by Crippen LogP contribution is -2.36. The van der Waals surface area contributed by atoms with E-state index in [1.165, 1.54) is 47.1 Å². The van der Waals surface area contributed by atoms with E-state index in [2.05, 4.69) is 0 Å². The van der Waals surface area contributed by atoms with Gasteiger partial charge in [-0.2, -0.15) is 8.78 Å². The number of carbonyl (C=O) groups is 2. The number of rotatable bonds is 13. The Morgan fingerprint density at radius 2 is 1.68 bits per heavy atom. The molecule has 2 aromatic rings. The molecule has 1 aliphatic heterocycles. The quantitative estimate of drug-likeness (QED) is 0.261. The summed E-state index contributed by atoms with van der Waals surface area (Å²) >= 11 is 0. The second-order valence-electron chi connectivity index (χ2n) is 9.63. The van der Waals surface area contributed by atoms with Crippen LogP contribution in [0.4, 0.5) is 22.4 Å². The Labute approximate surface area is 219 Å². The van der Waals surface area contributed by atoms with Gasteiger partial charge in [-0.25, -0.2) is 13.6 Å². The Kier molecular flexibility index (Phi) is 9.54. The Morgan fingerprint density at radius 3 is 2.29 bits per heavy atom. The molecule has 38 heavy (non-hydrogen) atoms. The van der Waals surface area contributed by atoms with Crippen molar-refractivity contribution in [1.29, 1.82) is 0 Å². The predicted molar refractivity (Wildman–Crippen MR) is 134 cm³/mol. The second kappa shape index (κ2) is 12.4. The fraction of sp³-hybridized carbons (Fsp3) is 0.429. The number of alkyl halides is 4. The van der Waals surface area contributed by atoms with Gasteiger partial charge in [0, 0.05) is 38.0 Å². The molecule has 0 aromatic heterocycles. The molecule has 1 fully saturated rings. The topological polar surface area (TPSA) is 81.1 Å². The van der Waals surface area contributed by atoms with Gasteiger partial charge in [-0.1, -0.05) is 79.7 Å². The molecule has 1 aliphatic rings. The normalized spacial score (nSPS) is 18.3. The summed E-state index contributed by atoms with van der Waals surface area (Å²) in [6, 6.07) is 14.8. The van der Waals surface area contributed by atoms with Crippen molar-refractivity contribution < 1.29 is 37.4 Å². The van der Waals surface area contributed by atoms with Crippen molar-refractivity contribution in [3.63, 3.8) is 0 Å². The summed E-state index contributed by atoms with van der Waals surface area (Å²) in [6.45, 7) is 1.50. The SMILES string of the molecule is CC(CC(F)(F)CCCN1C(=O)N(Cc2ccccc2)C[C@@H]1C=CC(O)C(F)(F)c1ccccc1)C(=O)O. The number of aliphatic carboxylic acids is 1. The minimum atomic E-state index is -3.57. The molecule has 3 atom stereocenters. The standard InChI is InChI=1S/C28H32F4N2O4/c1-20(25(36)37)17-27(29,30)15-8-16-34-23(19-33(26(34)38)18-21-9-4-2-5-10-21)13-14-24(35)28(31,32)22-11-6-3-7-12-22/h2-7,9-14,20,23-24,35H,8,15-19H2,1H3,(H,36,37)/t20?,23-,24?/m0/s1. The number of carboxylic acid groups (broad SMARTS) is 1. The zero-order chi connectivity index (χ0) is 27.9. The summed E-state index contributed by atoms with van der Waals surface area (Å²) in [5, 5.41) is 19.2. The van der Waals surface area contributed by atoms with Crippen LogP contribution in [0.25, 0.3) is 0 Å². The molecule has 0 aliphatic carbocycles. The van der Waals surface area contributed by atoms with Crippen LogP contribution in [0.3, 0.4) is 0 Å². The summed E-state index contributed by atoms with van der Waals surface area (Å²) in [4.78, 5) is 26.9. The van der Waals surface area contributed by atoms with Gasteiger partial charge >= 0.3 is 17.9 Å². The highest BCUT2D eigenvalue weighted by atomic mass is 19.3. The van der Waals surface area contributed by atoms with E-state index in [0.29, 0.717) is 0 Å². The third-order valence-electron chi connectivity index (χ3n) is 6.55. The van der Waals surface area contributed by atoms with Crippen LogP contribution in [0.1, 0.15) is 37.3 Å². The van der Waals surface area contributed by atoms with Gasteiger partial charge in [0.1, 0.15) is 6.10 Å². The molecule has 2 amide bonds. The average molecular weight is 537 g/mol. The zero-order valence-electron chi connectivity index (χ0n) is 21.0. The van der Waals surface area contributed by atoms with Crippen molar-refractivity contribution in [1.82, 2.24) is 9.80 Å². The molecule has 2 unspecified atom stereocenters. The number of carboxylic acids is 1. The molecule has 0 bridgehead atoms. The molecular weight excluding hydrogens is 504 g/mol. The molecule has 0 spiro atoms. The Hall–Kier alpha value is -3.40. The Bertz CT molecular complexity index is 1100. The molecular formula is C28H32F4N2O4. The van der Waals surface area contributed by atoms with Crippen molar-refractivity contribution in [3.8, 4) is 0 Å². The Morgan fingerprint density at radius 1 is 1.08 bits per heavy atom. The fourth-order valence-corrected chi connectivity index (χ4v) is 4.42. The largest absolute Gasteiger partial charge is 0.481 e. The number of amides is 2. The number of nitrogens with zero attached hydrogens (tertiary/aromatic N) is 2. The highest BCUT2D eigenvalue weighted by Gasteiger charge is 2.41. The number of carbonyl (C=O) groups excluding carboxylic acids is 1. The minimum Gasteiger partial charge on any atom is -0.481 e. The van der Waals surface area contributed by atoms with Gasteiger partial charge in [0.2, 0.25) is 5.92 Å². The van der Waals surface area contributed by atoms with Gasteiger partial charge in [0.05, 0.1) is 12.0 Å². The van der Waals surface area contributed by atoms with Crippen LogP contribution in [0.5, 0.6) is 0 Å². The van der Waals surface area contributed by atoms with E-state index < -0.39 is 54.8 Å². The highest BCUT2D eigenvalue weighted by molar-refractivity contribution is 5.77. The molecule has 2 N–H and O–H groups in total. The molecule has 2 aromatic carbocycles. The number of aliphatic hydroxyl groups is 1. The number of hydrogen-bond acceptors (Lipinski definition) is 3. The maximum absolute atomic E-state index is 14.7. The maximum atomic E-state index is 14.7. The molecule has 1 saturated heterocycles. The van der Waals surface area contributed by atoms with Gasteiger partial charge in [0.15, 0.2) is 0 Å². The number of hydrogen-bond donors (Lipinski definition) is 2. The van der Waals surface area contributed by atoms with Gasteiger partial charge in [0.25, 0.3) is 0 Å². The van der Waals surface area contributed by atoms with Gasteiger partial charge in [-0.3, -0.25) is 4.79 Å². The number of aliphatic hydroxyl groups excluding tert-OH is 1. The van der Waals surface area contributed by atoms with Crippen molar-refractivity contribution in [2.24, 2.45) is 5.92 Å². The van der Waals surface area contributed by atoms with Crippen LogP contribution >= 0.6 is 0 Å². The second-order valence-corrected chi connectivity index (χ2v) is 9.63. The van der Waals surface area contributed by atoms with Crippen LogP contribution in [-0.4, -0.2) is 63.2 Å². The molecule has 206 valence electrons. The first kappa shape index (κ1) is 29.2. The highest BCUT2D eigenvalue weighted by Crippen LogP contribution is 2.33. The van der Waals surface area contributed by atoms with E-state index in [-0.39, 0.29) is 31.6 Å². The molecule has 6 nitrogen and oxygen atoms in total. The number of benzene rings is 2.